The van der Waals surface area contributed by atoms with Gasteiger partial charge < -0.3 is 15.5 Å². The SMILES string of the molecule is CN1CCCC(N(C)c2ccnc(N)c2)C1. The molecule has 0 aliphatic carbocycles. The molecule has 1 unspecified atom stereocenters. The highest BCUT2D eigenvalue weighted by Gasteiger charge is 2.21. The third-order valence-electron chi connectivity index (χ3n) is 3.32. The van der Waals surface area contributed by atoms with E-state index < -0.39 is 0 Å². The van der Waals surface area contributed by atoms with E-state index in [-0.39, 0.29) is 0 Å². The first-order valence-corrected chi connectivity index (χ1v) is 5.80. The number of pyridine rings is 1. The minimum absolute atomic E-state index is 0.584. The highest BCUT2D eigenvalue weighted by Crippen LogP contribution is 2.21. The van der Waals surface area contributed by atoms with Crippen molar-refractivity contribution in [1.82, 2.24) is 9.88 Å². The number of nitrogens with two attached hydrogens (primary N) is 1. The molecule has 0 spiro atoms. The predicted octanol–water partition coefficient (Wildman–Crippen LogP) is 1.19. The Balaban J connectivity index is 2.09. The van der Waals surface area contributed by atoms with Crippen LogP contribution in [0.5, 0.6) is 0 Å². The summed E-state index contributed by atoms with van der Waals surface area (Å²) in [6.07, 6.45) is 4.29. The van der Waals surface area contributed by atoms with Crippen molar-refractivity contribution in [1.29, 1.82) is 0 Å². The topological polar surface area (TPSA) is 45.4 Å². The number of nitrogens with zero attached hydrogens (tertiary/aromatic N) is 3. The van der Waals surface area contributed by atoms with Gasteiger partial charge in [0.2, 0.25) is 0 Å². The second-order valence-corrected chi connectivity index (χ2v) is 4.61. The van der Waals surface area contributed by atoms with Gasteiger partial charge in [-0.15, -0.1) is 0 Å². The first-order valence-electron chi connectivity index (χ1n) is 5.80. The van der Waals surface area contributed by atoms with Crippen molar-refractivity contribution in [3.05, 3.63) is 18.3 Å². The molecule has 0 aromatic carbocycles. The molecule has 1 aliphatic heterocycles. The quantitative estimate of drug-likeness (QED) is 0.813. The van der Waals surface area contributed by atoms with Crippen LogP contribution in [0, 0.1) is 0 Å². The number of anilines is 2. The summed E-state index contributed by atoms with van der Waals surface area (Å²) in [7, 11) is 4.32. The first kappa shape index (κ1) is 11.2. The Morgan fingerprint density at radius 1 is 1.56 bits per heavy atom. The summed E-state index contributed by atoms with van der Waals surface area (Å²) in [5.74, 6) is 0.591. The van der Waals surface area contributed by atoms with Crippen molar-refractivity contribution in [3.8, 4) is 0 Å². The van der Waals surface area contributed by atoms with Crippen LogP contribution in [-0.2, 0) is 0 Å². The second-order valence-electron chi connectivity index (χ2n) is 4.61. The predicted molar refractivity (Wildman–Crippen MR) is 67.6 cm³/mol. The summed E-state index contributed by atoms with van der Waals surface area (Å²) in [4.78, 5) is 8.72. The molecule has 1 saturated heterocycles. The molecular formula is C12H20N4. The van der Waals surface area contributed by atoms with Gasteiger partial charge in [-0.25, -0.2) is 4.98 Å². The van der Waals surface area contributed by atoms with Crippen molar-refractivity contribution < 1.29 is 0 Å². The third-order valence-corrected chi connectivity index (χ3v) is 3.32. The molecule has 88 valence electrons. The largest absolute Gasteiger partial charge is 0.384 e. The Morgan fingerprint density at radius 3 is 3.06 bits per heavy atom. The number of rotatable bonds is 2. The van der Waals surface area contributed by atoms with Gasteiger partial charge in [0.05, 0.1) is 0 Å². The lowest BCUT2D eigenvalue weighted by Gasteiger charge is -2.37. The molecular weight excluding hydrogens is 200 g/mol. The number of aromatic nitrogens is 1. The van der Waals surface area contributed by atoms with E-state index in [1.807, 2.05) is 12.1 Å². The van der Waals surface area contributed by atoms with Crippen molar-refractivity contribution >= 4 is 11.5 Å². The van der Waals surface area contributed by atoms with Crippen LogP contribution in [-0.4, -0.2) is 43.1 Å². The molecule has 0 bridgehead atoms. The van der Waals surface area contributed by atoms with Crippen molar-refractivity contribution in [2.75, 3.05) is 37.8 Å². The average Bonchev–Trinajstić information content (AvgIpc) is 2.28. The van der Waals surface area contributed by atoms with E-state index in [0.29, 0.717) is 11.9 Å². The fourth-order valence-electron chi connectivity index (χ4n) is 2.32. The minimum atomic E-state index is 0.584. The summed E-state index contributed by atoms with van der Waals surface area (Å²) >= 11 is 0. The van der Waals surface area contributed by atoms with E-state index >= 15 is 0 Å². The number of piperidine rings is 1. The van der Waals surface area contributed by atoms with E-state index in [1.54, 1.807) is 6.20 Å². The van der Waals surface area contributed by atoms with E-state index in [9.17, 15) is 0 Å². The van der Waals surface area contributed by atoms with E-state index in [1.165, 1.54) is 19.4 Å². The van der Waals surface area contributed by atoms with E-state index in [0.717, 1.165) is 12.2 Å². The standard InChI is InChI=1S/C12H20N4/c1-15-7-3-4-11(9-15)16(2)10-5-6-14-12(13)8-10/h5-6,8,11H,3-4,7,9H2,1-2H3,(H2,13,14). The molecule has 0 radical (unpaired) electrons. The van der Waals surface area contributed by atoms with Gasteiger partial charge in [0.1, 0.15) is 5.82 Å². The van der Waals surface area contributed by atoms with E-state index in [2.05, 4.69) is 28.9 Å². The van der Waals surface area contributed by atoms with Crippen LogP contribution in [0.25, 0.3) is 0 Å². The van der Waals surface area contributed by atoms with Crippen molar-refractivity contribution in [2.45, 2.75) is 18.9 Å². The highest BCUT2D eigenvalue weighted by atomic mass is 15.2. The molecule has 16 heavy (non-hydrogen) atoms. The summed E-state index contributed by atoms with van der Waals surface area (Å²) < 4.78 is 0. The van der Waals surface area contributed by atoms with Gasteiger partial charge in [-0.1, -0.05) is 0 Å². The van der Waals surface area contributed by atoms with Gasteiger partial charge in [-0.05, 0) is 32.5 Å². The molecule has 1 aliphatic rings. The minimum Gasteiger partial charge on any atom is -0.384 e. The summed E-state index contributed by atoms with van der Waals surface area (Å²) in [5, 5.41) is 0. The number of likely N-dealkylation sites (N-methyl/N-ethyl adjacent to an activating group) is 2. The number of hydrogen-bond donors (Lipinski definition) is 1. The molecule has 1 aromatic rings. The van der Waals surface area contributed by atoms with Gasteiger partial charge in [0.25, 0.3) is 0 Å². The summed E-state index contributed by atoms with van der Waals surface area (Å²) in [6.45, 7) is 2.33. The molecule has 1 atom stereocenters. The zero-order valence-corrected chi connectivity index (χ0v) is 10.1. The van der Waals surface area contributed by atoms with Gasteiger partial charge in [0.15, 0.2) is 0 Å². The molecule has 1 aromatic heterocycles. The Kier molecular flexibility index (Phi) is 3.29. The summed E-state index contributed by atoms with van der Waals surface area (Å²) in [6, 6.07) is 4.54. The molecule has 4 heteroatoms. The highest BCUT2D eigenvalue weighted by molar-refractivity contribution is 5.52. The number of nitrogen functional groups attached to an aromatic ring is 1. The van der Waals surface area contributed by atoms with Gasteiger partial charge in [-0.3, -0.25) is 0 Å². The molecule has 0 amide bonds. The average molecular weight is 220 g/mol. The fraction of sp³-hybridized carbons (Fsp3) is 0.583. The normalized spacial score (nSPS) is 22.0. The van der Waals surface area contributed by atoms with Crippen molar-refractivity contribution in [3.63, 3.8) is 0 Å². The molecule has 2 rings (SSSR count). The van der Waals surface area contributed by atoms with Crippen LogP contribution in [0.1, 0.15) is 12.8 Å². The zero-order valence-electron chi connectivity index (χ0n) is 10.1. The molecule has 2 heterocycles. The second kappa shape index (κ2) is 4.70. The maximum Gasteiger partial charge on any atom is 0.125 e. The Morgan fingerprint density at radius 2 is 2.38 bits per heavy atom. The van der Waals surface area contributed by atoms with Crippen LogP contribution in [0.3, 0.4) is 0 Å². The van der Waals surface area contributed by atoms with Crippen LogP contribution >= 0.6 is 0 Å². The van der Waals surface area contributed by atoms with Gasteiger partial charge >= 0.3 is 0 Å². The lowest BCUT2D eigenvalue weighted by molar-refractivity contribution is 0.248. The lowest BCUT2D eigenvalue weighted by Crippen LogP contribution is -2.45. The number of hydrogen-bond acceptors (Lipinski definition) is 4. The Hall–Kier alpha value is -1.29. The zero-order chi connectivity index (χ0) is 11.5. The molecule has 4 nitrogen and oxygen atoms in total. The van der Waals surface area contributed by atoms with E-state index in [4.69, 9.17) is 5.73 Å². The third kappa shape index (κ3) is 2.44. The van der Waals surface area contributed by atoms with Crippen LogP contribution < -0.4 is 10.6 Å². The molecule has 2 N–H and O–H groups in total. The Bertz CT molecular complexity index is 353. The monoisotopic (exact) mass is 220 g/mol. The number of likely N-dealkylation sites (tertiary alicyclic amines) is 1. The molecule has 0 saturated carbocycles. The van der Waals surface area contributed by atoms with Crippen LogP contribution in [0.2, 0.25) is 0 Å². The first-order chi connectivity index (χ1) is 7.66. The summed E-state index contributed by atoms with van der Waals surface area (Å²) in [5.41, 5.74) is 6.87. The van der Waals surface area contributed by atoms with Crippen LogP contribution in [0.4, 0.5) is 11.5 Å². The van der Waals surface area contributed by atoms with Gasteiger partial charge in [-0.2, -0.15) is 0 Å². The van der Waals surface area contributed by atoms with Crippen LogP contribution in [0.15, 0.2) is 18.3 Å². The maximum absolute atomic E-state index is 5.71. The lowest BCUT2D eigenvalue weighted by atomic mass is 10.0. The smallest absolute Gasteiger partial charge is 0.125 e. The molecule has 1 fully saturated rings. The van der Waals surface area contributed by atoms with Crippen molar-refractivity contribution in [2.24, 2.45) is 0 Å². The van der Waals surface area contributed by atoms with Gasteiger partial charge in [0, 0.05) is 37.6 Å². The fourth-order valence-corrected chi connectivity index (χ4v) is 2.32. The maximum atomic E-state index is 5.71. The Labute approximate surface area is 97.1 Å².